The number of nitrogens with one attached hydrogen (secondary N) is 1. The van der Waals surface area contributed by atoms with Crippen LogP contribution >= 0.6 is 0 Å². The van der Waals surface area contributed by atoms with E-state index in [9.17, 15) is 4.79 Å². The van der Waals surface area contributed by atoms with Crippen LogP contribution in [0, 0.1) is 0 Å². The van der Waals surface area contributed by atoms with Crippen molar-refractivity contribution in [2.45, 2.75) is 32.2 Å². The van der Waals surface area contributed by atoms with Crippen LogP contribution in [0.1, 0.15) is 36.5 Å². The number of aromatic nitrogens is 1. The van der Waals surface area contributed by atoms with E-state index >= 15 is 0 Å². The van der Waals surface area contributed by atoms with Gasteiger partial charge in [-0.1, -0.05) is 31.2 Å². The van der Waals surface area contributed by atoms with Crippen LogP contribution < -0.4 is 5.32 Å². The third-order valence-electron chi connectivity index (χ3n) is 3.98. The maximum Gasteiger partial charge on any atom is 0.256 e. The molecule has 0 aliphatic heterocycles. The van der Waals surface area contributed by atoms with Crippen molar-refractivity contribution in [3.8, 4) is 0 Å². The zero-order valence-corrected chi connectivity index (χ0v) is 12.6. The summed E-state index contributed by atoms with van der Waals surface area (Å²) in [6.45, 7) is 2.94. The highest BCUT2D eigenvalue weighted by atomic mass is 16.2. The van der Waals surface area contributed by atoms with Gasteiger partial charge in [0, 0.05) is 31.2 Å². The molecule has 1 aromatic heterocycles. The largest absolute Gasteiger partial charge is 0.373 e. The standard InChI is InChI=1S/C17H21N3O/c1-3-10-20(12-8-9-12)17(21)15-11-19-16(18-2)14-7-5-4-6-13(14)15/h4-7,11-12H,3,8-10H2,1-2H3,(H,18,19). The fourth-order valence-corrected chi connectivity index (χ4v) is 2.79. The Kier molecular flexibility index (Phi) is 3.78. The van der Waals surface area contributed by atoms with Gasteiger partial charge in [0.05, 0.1) is 5.56 Å². The van der Waals surface area contributed by atoms with Gasteiger partial charge in [-0.05, 0) is 24.6 Å². The Labute approximate surface area is 125 Å². The summed E-state index contributed by atoms with van der Waals surface area (Å²) in [6, 6.07) is 8.39. The Morgan fingerprint density at radius 3 is 2.67 bits per heavy atom. The first kappa shape index (κ1) is 13.9. The highest BCUT2D eigenvalue weighted by molar-refractivity contribution is 6.09. The van der Waals surface area contributed by atoms with Crippen LogP contribution in [0.4, 0.5) is 5.82 Å². The monoisotopic (exact) mass is 283 g/mol. The van der Waals surface area contributed by atoms with Crippen LogP contribution in [0.3, 0.4) is 0 Å². The summed E-state index contributed by atoms with van der Waals surface area (Å²) >= 11 is 0. The van der Waals surface area contributed by atoms with Gasteiger partial charge in [0.25, 0.3) is 5.91 Å². The molecule has 0 unspecified atom stereocenters. The molecule has 1 aromatic carbocycles. The zero-order valence-electron chi connectivity index (χ0n) is 12.6. The summed E-state index contributed by atoms with van der Waals surface area (Å²) < 4.78 is 0. The second-order valence-electron chi connectivity index (χ2n) is 5.55. The highest BCUT2D eigenvalue weighted by Crippen LogP contribution is 2.31. The Bertz CT molecular complexity index is 664. The van der Waals surface area contributed by atoms with Crippen molar-refractivity contribution in [2.75, 3.05) is 18.9 Å². The van der Waals surface area contributed by atoms with Gasteiger partial charge in [0.1, 0.15) is 5.82 Å². The number of carbonyl (C=O) groups excluding carboxylic acids is 1. The zero-order chi connectivity index (χ0) is 14.8. The summed E-state index contributed by atoms with van der Waals surface area (Å²) in [5.74, 6) is 0.932. The SMILES string of the molecule is CCCN(C(=O)c1cnc(NC)c2ccccc12)C1CC1. The van der Waals surface area contributed by atoms with Gasteiger partial charge < -0.3 is 10.2 Å². The van der Waals surface area contributed by atoms with Crippen LogP contribution in [0.5, 0.6) is 0 Å². The molecule has 0 spiro atoms. The molecule has 0 radical (unpaired) electrons. The molecule has 0 atom stereocenters. The lowest BCUT2D eigenvalue weighted by molar-refractivity contribution is 0.0745. The van der Waals surface area contributed by atoms with Crippen LogP contribution in [0.2, 0.25) is 0 Å². The minimum atomic E-state index is 0.116. The maximum atomic E-state index is 12.9. The average molecular weight is 283 g/mol. The number of pyridine rings is 1. The number of fused-ring (bicyclic) bond motifs is 1. The molecule has 1 fully saturated rings. The Morgan fingerprint density at radius 2 is 2.05 bits per heavy atom. The molecule has 110 valence electrons. The Hall–Kier alpha value is -2.10. The smallest absolute Gasteiger partial charge is 0.256 e. The van der Waals surface area contributed by atoms with E-state index in [1.165, 1.54) is 0 Å². The van der Waals surface area contributed by atoms with Gasteiger partial charge in [0.2, 0.25) is 0 Å². The van der Waals surface area contributed by atoms with Crippen LogP contribution in [-0.4, -0.2) is 35.4 Å². The minimum absolute atomic E-state index is 0.116. The predicted molar refractivity (Wildman–Crippen MR) is 85.6 cm³/mol. The van der Waals surface area contributed by atoms with Gasteiger partial charge in [-0.2, -0.15) is 0 Å². The lowest BCUT2D eigenvalue weighted by Gasteiger charge is -2.22. The van der Waals surface area contributed by atoms with E-state index in [1.54, 1.807) is 6.20 Å². The van der Waals surface area contributed by atoms with Crippen molar-refractivity contribution >= 4 is 22.5 Å². The highest BCUT2D eigenvalue weighted by Gasteiger charge is 2.33. The fraction of sp³-hybridized carbons (Fsp3) is 0.412. The molecule has 1 amide bonds. The second-order valence-corrected chi connectivity index (χ2v) is 5.55. The van der Waals surface area contributed by atoms with Crippen molar-refractivity contribution in [3.63, 3.8) is 0 Å². The second kappa shape index (κ2) is 5.72. The molecule has 2 aromatic rings. The van der Waals surface area contributed by atoms with Gasteiger partial charge >= 0.3 is 0 Å². The number of carbonyl (C=O) groups is 1. The molecule has 1 heterocycles. The summed E-state index contributed by atoms with van der Waals surface area (Å²) in [6.07, 6.45) is 4.96. The first-order valence-corrected chi connectivity index (χ1v) is 7.62. The third-order valence-corrected chi connectivity index (χ3v) is 3.98. The molecule has 1 aliphatic rings. The van der Waals surface area contributed by atoms with Crippen molar-refractivity contribution in [1.82, 2.24) is 9.88 Å². The van der Waals surface area contributed by atoms with Gasteiger partial charge in [-0.3, -0.25) is 4.79 Å². The van der Waals surface area contributed by atoms with E-state index in [1.807, 2.05) is 36.2 Å². The topological polar surface area (TPSA) is 45.2 Å². The van der Waals surface area contributed by atoms with Crippen LogP contribution in [0.15, 0.2) is 30.5 Å². The van der Waals surface area contributed by atoms with Crippen molar-refractivity contribution in [1.29, 1.82) is 0 Å². The normalized spacial score (nSPS) is 14.2. The van der Waals surface area contributed by atoms with Crippen molar-refractivity contribution < 1.29 is 4.79 Å². The Morgan fingerprint density at radius 1 is 1.33 bits per heavy atom. The molecular weight excluding hydrogens is 262 g/mol. The molecule has 0 bridgehead atoms. The number of hydrogen-bond donors (Lipinski definition) is 1. The molecule has 1 aliphatic carbocycles. The van der Waals surface area contributed by atoms with E-state index in [4.69, 9.17) is 0 Å². The minimum Gasteiger partial charge on any atom is -0.373 e. The van der Waals surface area contributed by atoms with E-state index in [0.29, 0.717) is 11.6 Å². The fourth-order valence-electron chi connectivity index (χ4n) is 2.79. The van der Waals surface area contributed by atoms with Gasteiger partial charge in [-0.15, -0.1) is 0 Å². The lowest BCUT2D eigenvalue weighted by Crippen LogP contribution is -2.34. The molecule has 1 saturated carbocycles. The summed E-state index contributed by atoms with van der Waals surface area (Å²) in [4.78, 5) is 19.3. The van der Waals surface area contributed by atoms with Gasteiger partial charge in [0.15, 0.2) is 0 Å². The number of amides is 1. The number of benzene rings is 1. The molecule has 3 rings (SSSR count). The molecule has 21 heavy (non-hydrogen) atoms. The number of rotatable bonds is 5. The first-order valence-electron chi connectivity index (χ1n) is 7.62. The quantitative estimate of drug-likeness (QED) is 0.916. The number of hydrogen-bond acceptors (Lipinski definition) is 3. The Balaban J connectivity index is 2.05. The van der Waals surface area contributed by atoms with Crippen molar-refractivity contribution in [2.24, 2.45) is 0 Å². The van der Waals surface area contributed by atoms with Crippen molar-refractivity contribution in [3.05, 3.63) is 36.0 Å². The predicted octanol–water partition coefficient (Wildman–Crippen LogP) is 3.29. The lowest BCUT2D eigenvalue weighted by atomic mass is 10.1. The average Bonchev–Trinajstić information content (AvgIpc) is 3.35. The van der Waals surface area contributed by atoms with E-state index in [0.717, 1.165) is 42.4 Å². The summed E-state index contributed by atoms with van der Waals surface area (Å²) in [5.41, 5.74) is 0.713. The van der Waals surface area contributed by atoms with Crippen LogP contribution in [0.25, 0.3) is 10.8 Å². The molecule has 4 heteroatoms. The van der Waals surface area contributed by atoms with Gasteiger partial charge in [-0.25, -0.2) is 4.98 Å². The molecule has 4 nitrogen and oxygen atoms in total. The third kappa shape index (κ3) is 2.58. The summed E-state index contributed by atoms with van der Waals surface area (Å²) in [5, 5.41) is 5.06. The number of nitrogens with zero attached hydrogens (tertiary/aromatic N) is 2. The van der Waals surface area contributed by atoms with E-state index in [-0.39, 0.29) is 5.91 Å². The van der Waals surface area contributed by atoms with Crippen LogP contribution in [-0.2, 0) is 0 Å². The summed E-state index contributed by atoms with van der Waals surface area (Å²) in [7, 11) is 1.85. The van der Waals surface area contributed by atoms with E-state index in [2.05, 4.69) is 17.2 Å². The van der Waals surface area contributed by atoms with E-state index < -0.39 is 0 Å². The maximum absolute atomic E-state index is 12.9. The molecule has 0 saturated heterocycles. The molecular formula is C17H21N3O. The number of anilines is 1. The first-order chi connectivity index (χ1) is 10.3. The molecule has 1 N–H and O–H groups in total.